The van der Waals surface area contributed by atoms with Gasteiger partial charge in [0.1, 0.15) is 6.54 Å². The van der Waals surface area contributed by atoms with Gasteiger partial charge in [0.15, 0.2) is 11.5 Å². The third-order valence-corrected chi connectivity index (χ3v) is 7.30. The summed E-state index contributed by atoms with van der Waals surface area (Å²) in [5.74, 6) is 0.848. The molecule has 0 fully saturated rings. The molecular weight excluding hydrogens is 512 g/mol. The molecule has 1 aliphatic carbocycles. The Kier molecular flexibility index (Phi) is 8.63. The van der Waals surface area contributed by atoms with Gasteiger partial charge in [-0.3, -0.25) is 23.5 Å². The Bertz CT molecular complexity index is 1550. The molecule has 3 aromatic rings. The van der Waals surface area contributed by atoms with E-state index in [1.165, 1.54) is 23.0 Å². The fraction of sp³-hybridized carbons (Fsp3) is 0.400. The zero-order chi connectivity index (χ0) is 27.9. The number of ether oxygens (including phenoxy) is 2. The molecule has 40 heavy (non-hydrogen) atoms. The summed E-state index contributed by atoms with van der Waals surface area (Å²) in [6, 6.07) is 12.3. The van der Waals surface area contributed by atoms with Crippen molar-refractivity contribution in [3.05, 3.63) is 80.5 Å². The van der Waals surface area contributed by atoms with E-state index in [0.29, 0.717) is 41.9 Å². The van der Waals surface area contributed by atoms with E-state index in [0.717, 1.165) is 29.4 Å². The minimum absolute atomic E-state index is 0.0652. The van der Waals surface area contributed by atoms with Gasteiger partial charge in [-0.25, -0.2) is 4.79 Å². The second kappa shape index (κ2) is 12.7. The number of fused-ring (bicyclic) bond motifs is 2. The maximum absolute atomic E-state index is 13.4. The summed E-state index contributed by atoms with van der Waals surface area (Å²) in [6.45, 7) is 0.900. The molecule has 0 spiro atoms. The molecule has 0 saturated carbocycles. The van der Waals surface area contributed by atoms with E-state index in [2.05, 4.69) is 16.7 Å². The average Bonchev–Trinajstić information content (AvgIpc) is 3.44. The molecule has 10 nitrogen and oxygen atoms in total. The van der Waals surface area contributed by atoms with Crippen molar-refractivity contribution in [1.82, 2.24) is 19.8 Å². The highest BCUT2D eigenvalue weighted by Crippen LogP contribution is 2.32. The minimum atomic E-state index is -0.561. The van der Waals surface area contributed by atoms with Crippen molar-refractivity contribution in [3.8, 4) is 11.5 Å². The van der Waals surface area contributed by atoms with E-state index in [4.69, 9.17) is 9.47 Å². The number of nitrogens with one attached hydrogen (secondary N) is 2. The van der Waals surface area contributed by atoms with Gasteiger partial charge in [0.05, 0.1) is 10.9 Å². The number of carbonyl (C=O) groups is 2. The molecule has 0 atom stereocenters. The summed E-state index contributed by atoms with van der Waals surface area (Å²) in [4.78, 5) is 51.7. The number of carbonyl (C=O) groups excluding carboxylic acids is 2. The van der Waals surface area contributed by atoms with Crippen LogP contribution in [0.5, 0.6) is 11.5 Å². The van der Waals surface area contributed by atoms with E-state index in [9.17, 15) is 19.2 Å². The average molecular weight is 547 g/mol. The van der Waals surface area contributed by atoms with Gasteiger partial charge in [-0.2, -0.15) is 0 Å². The van der Waals surface area contributed by atoms with Gasteiger partial charge < -0.3 is 20.1 Å². The number of hydrogen-bond acceptors (Lipinski definition) is 6. The molecule has 2 aliphatic rings. The summed E-state index contributed by atoms with van der Waals surface area (Å²) in [7, 11) is 0. The number of para-hydroxylation sites is 1. The first-order valence-corrected chi connectivity index (χ1v) is 13.8. The predicted octanol–water partition coefficient (Wildman–Crippen LogP) is 3.00. The molecule has 0 radical (unpaired) electrons. The van der Waals surface area contributed by atoms with Gasteiger partial charge >= 0.3 is 5.69 Å². The van der Waals surface area contributed by atoms with E-state index < -0.39 is 11.2 Å². The van der Waals surface area contributed by atoms with Crippen molar-refractivity contribution < 1.29 is 19.1 Å². The van der Waals surface area contributed by atoms with Crippen LogP contribution in [-0.4, -0.2) is 34.3 Å². The molecule has 210 valence electrons. The van der Waals surface area contributed by atoms with Crippen molar-refractivity contribution in [1.29, 1.82) is 0 Å². The number of rotatable bonds is 11. The van der Waals surface area contributed by atoms with E-state index in [1.54, 1.807) is 30.3 Å². The topological polar surface area (TPSA) is 121 Å². The summed E-state index contributed by atoms with van der Waals surface area (Å²) in [6.07, 6.45) is 8.05. The van der Waals surface area contributed by atoms with E-state index in [1.807, 2.05) is 12.1 Å². The van der Waals surface area contributed by atoms with Crippen LogP contribution in [0.3, 0.4) is 0 Å². The zero-order valence-corrected chi connectivity index (χ0v) is 22.4. The number of benzene rings is 2. The molecule has 2 N–H and O–H groups in total. The lowest BCUT2D eigenvalue weighted by molar-refractivity contribution is -0.122. The van der Waals surface area contributed by atoms with Crippen LogP contribution in [0.4, 0.5) is 0 Å². The van der Waals surface area contributed by atoms with Crippen LogP contribution in [0.1, 0.15) is 50.5 Å². The Labute approximate surface area is 231 Å². The fourth-order valence-corrected chi connectivity index (χ4v) is 5.15. The standard InChI is InChI=1S/C30H34N4O6/c35-27(32-18-22-12-13-25-26(17-22)40-20-39-25)11-6-16-33-29(37)23-9-4-5-10-24(23)34(30(33)38)19-28(36)31-15-14-21-7-2-1-3-8-21/h4-5,7,9-10,12-13,17H,1-3,6,8,11,14-16,18-20H2,(H,31,36)(H,32,35). The second-order valence-electron chi connectivity index (χ2n) is 10.1. The van der Waals surface area contributed by atoms with Crippen LogP contribution in [0.2, 0.25) is 0 Å². The molecule has 0 bridgehead atoms. The van der Waals surface area contributed by atoms with Gasteiger partial charge in [-0.05, 0) is 68.4 Å². The van der Waals surface area contributed by atoms with Crippen LogP contribution < -0.4 is 31.4 Å². The number of amides is 2. The van der Waals surface area contributed by atoms with Crippen molar-refractivity contribution >= 4 is 22.7 Å². The Morgan fingerprint density at radius 1 is 0.925 bits per heavy atom. The number of allylic oxidation sites excluding steroid dienone is 1. The molecule has 2 aromatic carbocycles. The van der Waals surface area contributed by atoms with Crippen LogP contribution in [0.15, 0.2) is 63.7 Å². The molecule has 5 rings (SSSR count). The summed E-state index contributed by atoms with van der Waals surface area (Å²) >= 11 is 0. The van der Waals surface area contributed by atoms with Gasteiger partial charge in [0.25, 0.3) is 5.56 Å². The molecule has 0 unspecified atom stereocenters. The van der Waals surface area contributed by atoms with Crippen LogP contribution >= 0.6 is 0 Å². The third kappa shape index (κ3) is 6.44. The van der Waals surface area contributed by atoms with Crippen molar-refractivity contribution in [2.45, 2.75) is 64.6 Å². The maximum atomic E-state index is 13.4. The largest absolute Gasteiger partial charge is 0.454 e. The molecule has 1 aliphatic heterocycles. The molecule has 2 heterocycles. The van der Waals surface area contributed by atoms with Crippen molar-refractivity contribution in [3.63, 3.8) is 0 Å². The van der Waals surface area contributed by atoms with Gasteiger partial charge in [-0.15, -0.1) is 0 Å². The lowest BCUT2D eigenvalue weighted by Gasteiger charge is -2.15. The first kappa shape index (κ1) is 27.2. The monoisotopic (exact) mass is 546 g/mol. The number of nitrogens with zero attached hydrogens (tertiary/aromatic N) is 2. The van der Waals surface area contributed by atoms with Crippen LogP contribution in [0.25, 0.3) is 10.9 Å². The highest BCUT2D eigenvalue weighted by Gasteiger charge is 2.16. The quantitative estimate of drug-likeness (QED) is 0.357. The lowest BCUT2D eigenvalue weighted by Crippen LogP contribution is -2.43. The fourth-order valence-electron chi connectivity index (χ4n) is 5.15. The van der Waals surface area contributed by atoms with Crippen molar-refractivity contribution in [2.75, 3.05) is 13.3 Å². The molecule has 1 aromatic heterocycles. The van der Waals surface area contributed by atoms with Crippen LogP contribution in [0, 0.1) is 0 Å². The van der Waals surface area contributed by atoms with E-state index in [-0.39, 0.29) is 38.1 Å². The van der Waals surface area contributed by atoms with Gasteiger partial charge in [0, 0.05) is 26.1 Å². The van der Waals surface area contributed by atoms with Crippen LogP contribution in [-0.2, 0) is 29.2 Å². The highest BCUT2D eigenvalue weighted by atomic mass is 16.7. The zero-order valence-electron chi connectivity index (χ0n) is 22.4. The highest BCUT2D eigenvalue weighted by molar-refractivity contribution is 5.81. The molecule has 2 amide bonds. The summed E-state index contributed by atoms with van der Waals surface area (Å²) < 4.78 is 13.1. The van der Waals surface area contributed by atoms with E-state index >= 15 is 0 Å². The van der Waals surface area contributed by atoms with Crippen molar-refractivity contribution in [2.24, 2.45) is 0 Å². The smallest absolute Gasteiger partial charge is 0.331 e. The Morgan fingerprint density at radius 2 is 1.77 bits per heavy atom. The third-order valence-electron chi connectivity index (χ3n) is 7.30. The summed E-state index contributed by atoms with van der Waals surface area (Å²) in [5.41, 5.74) is 1.67. The Morgan fingerprint density at radius 3 is 2.62 bits per heavy atom. The minimum Gasteiger partial charge on any atom is -0.454 e. The molecular formula is C30H34N4O6. The van der Waals surface area contributed by atoms with Gasteiger partial charge in [-0.1, -0.05) is 29.8 Å². The SMILES string of the molecule is O=C(CCCn1c(=O)c2ccccc2n(CC(=O)NCCC2=CCCCC2)c1=O)NCc1ccc2c(c1)OCO2. The normalized spacial score (nSPS) is 14.2. The molecule has 10 heteroatoms. The first-order chi connectivity index (χ1) is 19.5. The van der Waals surface area contributed by atoms with Gasteiger partial charge in [0.2, 0.25) is 18.6 Å². The Hall–Kier alpha value is -4.34. The second-order valence-corrected chi connectivity index (χ2v) is 10.1. The maximum Gasteiger partial charge on any atom is 0.331 e. The Balaban J connectivity index is 1.20. The lowest BCUT2D eigenvalue weighted by atomic mass is 9.97. The number of hydrogen-bond donors (Lipinski definition) is 2. The first-order valence-electron chi connectivity index (χ1n) is 13.8. The molecule has 0 saturated heterocycles. The predicted molar refractivity (Wildman–Crippen MR) is 150 cm³/mol. The summed E-state index contributed by atoms with van der Waals surface area (Å²) in [5, 5.41) is 6.12. The number of aromatic nitrogens is 2.